The zero-order chi connectivity index (χ0) is 21.3. The highest BCUT2D eigenvalue weighted by Gasteiger charge is 2.54. The number of hydrogen-bond acceptors (Lipinski definition) is 3. The van der Waals surface area contributed by atoms with Crippen molar-refractivity contribution in [3.8, 4) is 0 Å². The molecular weight excluding hydrogens is 388 g/mol. The molecule has 0 aromatic carbocycles. The molecule has 0 aromatic heterocycles. The van der Waals surface area contributed by atoms with Crippen LogP contribution in [-0.2, 0) is 13.3 Å². The van der Waals surface area contributed by atoms with Gasteiger partial charge < -0.3 is 13.3 Å². The predicted molar refractivity (Wildman–Crippen MR) is 125 cm³/mol. The molecule has 5 heteroatoms. The van der Waals surface area contributed by atoms with Gasteiger partial charge in [0.1, 0.15) is 0 Å². The molecule has 0 aromatic rings. The van der Waals surface area contributed by atoms with Crippen molar-refractivity contribution in [2.45, 2.75) is 118 Å². The zero-order valence-electron chi connectivity index (χ0n) is 19.8. The summed E-state index contributed by atoms with van der Waals surface area (Å²) in [6, 6.07) is 0. The minimum absolute atomic E-state index is 0.0990. The van der Waals surface area contributed by atoms with Crippen molar-refractivity contribution in [1.82, 2.24) is 0 Å². The molecule has 0 aliphatic carbocycles. The quantitative estimate of drug-likeness (QED) is 0.110. The largest absolute Gasteiger partial charge is 0.504 e. The van der Waals surface area contributed by atoms with E-state index in [0.717, 1.165) is 6.42 Å². The minimum Gasteiger partial charge on any atom is -0.374 e. The number of unbranched alkanes of at least 4 members (excludes halogenated alkanes) is 8. The van der Waals surface area contributed by atoms with Crippen molar-refractivity contribution in [2.75, 3.05) is 25.7 Å². The maximum atomic E-state index is 6.24. The number of halogens is 1. The minimum atomic E-state index is -2.76. The average Bonchev–Trinajstić information content (AvgIpc) is 2.65. The van der Waals surface area contributed by atoms with Crippen LogP contribution in [-0.4, -0.2) is 34.5 Å². The molecule has 0 rings (SSSR count). The van der Waals surface area contributed by atoms with Gasteiger partial charge in [0.05, 0.1) is 0 Å². The molecule has 0 fully saturated rings. The number of alkyl halides is 1. The summed E-state index contributed by atoms with van der Waals surface area (Å²) in [6.07, 6.45) is 14.3. The highest BCUT2D eigenvalue weighted by molar-refractivity contribution is 6.62. The molecule has 1 unspecified atom stereocenters. The van der Waals surface area contributed by atoms with Crippen LogP contribution in [0.2, 0.25) is 5.54 Å². The molecule has 0 bridgehead atoms. The van der Waals surface area contributed by atoms with Gasteiger partial charge in [0.2, 0.25) is 0 Å². The van der Waals surface area contributed by atoms with E-state index in [4.69, 9.17) is 24.9 Å². The summed E-state index contributed by atoms with van der Waals surface area (Å²) < 4.78 is 18.7. The maximum absolute atomic E-state index is 6.24. The number of hydrogen-bond donors (Lipinski definition) is 0. The molecule has 0 saturated heterocycles. The third kappa shape index (κ3) is 11.0. The van der Waals surface area contributed by atoms with Crippen molar-refractivity contribution in [3.63, 3.8) is 0 Å². The monoisotopic (exact) mass is 436 g/mol. The molecule has 0 amide bonds. The Balaban J connectivity index is 4.73. The summed E-state index contributed by atoms with van der Waals surface area (Å²) in [7, 11) is -2.76. The van der Waals surface area contributed by atoms with Gasteiger partial charge >= 0.3 is 8.80 Å². The lowest BCUT2D eigenvalue weighted by molar-refractivity contribution is 0.0415. The van der Waals surface area contributed by atoms with Crippen LogP contribution in [0.1, 0.15) is 112 Å². The third-order valence-electron chi connectivity index (χ3n) is 5.73. The van der Waals surface area contributed by atoms with Crippen LogP contribution in [0.25, 0.3) is 0 Å². The van der Waals surface area contributed by atoms with Crippen LogP contribution in [0.15, 0.2) is 0 Å². The standard InChI is InChI=1S/C23H49ClO3Si/c1-7-11-12-13-14-15-16-17-18-20-23(5,6)22(19-21-24)28(25-8-2,26-9-3)27-10-4/h22H,7-21H2,1-6H3. The molecule has 28 heavy (non-hydrogen) atoms. The van der Waals surface area contributed by atoms with E-state index in [1.807, 2.05) is 20.8 Å². The van der Waals surface area contributed by atoms with E-state index in [1.54, 1.807) is 0 Å². The van der Waals surface area contributed by atoms with Gasteiger partial charge in [-0.15, -0.1) is 11.6 Å². The lowest BCUT2D eigenvalue weighted by atomic mass is 9.82. The second-order valence-corrected chi connectivity index (χ2v) is 11.6. The first-order valence-electron chi connectivity index (χ1n) is 11.9. The topological polar surface area (TPSA) is 27.7 Å². The van der Waals surface area contributed by atoms with E-state index in [0.29, 0.717) is 25.7 Å². The molecule has 0 aliphatic rings. The Bertz CT molecular complexity index is 336. The van der Waals surface area contributed by atoms with Crippen LogP contribution < -0.4 is 0 Å². The Morgan fingerprint density at radius 1 is 0.714 bits per heavy atom. The molecule has 0 radical (unpaired) electrons. The molecular formula is C23H49ClO3Si. The zero-order valence-corrected chi connectivity index (χ0v) is 21.5. The van der Waals surface area contributed by atoms with E-state index < -0.39 is 8.80 Å². The molecule has 0 aliphatic heterocycles. The van der Waals surface area contributed by atoms with E-state index in [2.05, 4.69) is 20.8 Å². The highest BCUT2D eigenvalue weighted by Crippen LogP contribution is 2.47. The fraction of sp³-hybridized carbons (Fsp3) is 1.00. The fourth-order valence-corrected chi connectivity index (χ4v) is 8.31. The lowest BCUT2D eigenvalue weighted by Gasteiger charge is -2.43. The van der Waals surface area contributed by atoms with Crippen LogP contribution in [0.3, 0.4) is 0 Å². The number of rotatable bonds is 20. The van der Waals surface area contributed by atoms with Crippen LogP contribution in [0, 0.1) is 5.41 Å². The average molecular weight is 437 g/mol. The van der Waals surface area contributed by atoms with Crippen molar-refractivity contribution >= 4 is 20.4 Å². The van der Waals surface area contributed by atoms with Crippen molar-refractivity contribution < 1.29 is 13.3 Å². The second kappa shape index (κ2) is 17.1. The Morgan fingerprint density at radius 2 is 1.14 bits per heavy atom. The Kier molecular flexibility index (Phi) is 17.3. The summed E-state index contributed by atoms with van der Waals surface area (Å²) in [5.41, 5.74) is 0.341. The van der Waals surface area contributed by atoms with Gasteiger partial charge in [-0.05, 0) is 39.0 Å². The van der Waals surface area contributed by atoms with Crippen LogP contribution >= 0.6 is 11.6 Å². The smallest absolute Gasteiger partial charge is 0.374 e. The van der Waals surface area contributed by atoms with E-state index in [9.17, 15) is 0 Å². The lowest BCUT2D eigenvalue weighted by Crippen LogP contribution is -2.54. The summed E-state index contributed by atoms with van der Waals surface area (Å²) in [5.74, 6) is 0.619. The molecule has 0 heterocycles. The molecule has 0 saturated carbocycles. The summed E-state index contributed by atoms with van der Waals surface area (Å²) in [6.45, 7) is 15.0. The van der Waals surface area contributed by atoms with Gasteiger partial charge in [0.25, 0.3) is 0 Å². The second-order valence-electron chi connectivity index (χ2n) is 8.50. The highest BCUT2D eigenvalue weighted by atomic mass is 35.5. The molecule has 170 valence electrons. The van der Waals surface area contributed by atoms with Gasteiger partial charge in [-0.2, -0.15) is 0 Å². The maximum Gasteiger partial charge on any atom is 0.504 e. The van der Waals surface area contributed by atoms with E-state index in [1.165, 1.54) is 64.2 Å². The van der Waals surface area contributed by atoms with Crippen molar-refractivity contribution in [1.29, 1.82) is 0 Å². The Labute approximate surface area is 182 Å². The third-order valence-corrected chi connectivity index (χ3v) is 9.94. The summed E-state index contributed by atoms with van der Waals surface area (Å²) in [4.78, 5) is 0. The first-order chi connectivity index (χ1) is 13.4. The van der Waals surface area contributed by atoms with Crippen molar-refractivity contribution in [3.05, 3.63) is 0 Å². The van der Waals surface area contributed by atoms with Gasteiger partial charge in [0, 0.05) is 31.2 Å². The van der Waals surface area contributed by atoms with Crippen LogP contribution in [0.5, 0.6) is 0 Å². The van der Waals surface area contributed by atoms with E-state index >= 15 is 0 Å². The Hall–Kier alpha value is 0.387. The van der Waals surface area contributed by atoms with E-state index in [-0.39, 0.29) is 11.0 Å². The first-order valence-corrected chi connectivity index (χ1v) is 14.2. The molecule has 0 spiro atoms. The first kappa shape index (κ1) is 28.4. The normalized spacial score (nSPS) is 13.8. The molecule has 0 N–H and O–H groups in total. The fourth-order valence-electron chi connectivity index (χ4n) is 4.25. The van der Waals surface area contributed by atoms with Gasteiger partial charge in [-0.3, -0.25) is 0 Å². The van der Waals surface area contributed by atoms with Crippen LogP contribution in [0.4, 0.5) is 0 Å². The molecule has 1 atom stereocenters. The van der Waals surface area contributed by atoms with Gasteiger partial charge in [-0.25, -0.2) is 0 Å². The SMILES string of the molecule is CCCCCCCCCCCC(C)(C)C(CCCl)[Si](OCC)(OCC)OCC. The predicted octanol–water partition coefficient (Wildman–Crippen LogP) is 7.98. The summed E-state index contributed by atoms with van der Waals surface area (Å²) >= 11 is 6.22. The Morgan fingerprint density at radius 3 is 1.54 bits per heavy atom. The van der Waals surface area contributed by atoms with Gasteiger partial charge in [-0.1, -0.05) is 78.6 Å². The van der Waals surface area contributed by atoms with Gasteiger partial charge in [0.15, 0.2) is 0 Å². The molecule has 3 nitrogen and oxygen atoms in total. The van der Waals surface area contributed by atoms with Crippen molar-refractivity contribution in [2.24, 2.45) is 5.41 Å². The summed E-state index contributed by atoms with van der Waals surface area (Å²) in [5, 5.41) is 0.